The second-order valence-electron chi connectivity index (χ2n) is 5.33. The van der Waals surface area contributed by atoms with Gasteiger partial charge in [0.05, 0.1) is 0 Å². The zero-order valence-corrected chi connectivity index (χ0v) is 12.9. The SMILES string of the molecule is CCSC[C@@H](C)NCCC(=O)N1CCC(C)CC1. The van der Waals surface area contributed by atoms with Crippen LogP contribution in [0.5, 0.6) is 0 Å². The van der Waals surface area contributed by atoms with Gasteiger partial charge < -0.3 is 10.2 Å². The molecule has 0 saturated carbocycles. The molecule has 0 unspecified atom stereocenters. The number of piperidine rings is 1. The third-order valence-electron chi connectivity index (χ3n) is 3.54. The van der Waals surface area contributed by atoms with Crippen molar-refractivity contribution in [3.8, 4) is 0 Å². The minimum atomic E-state index is 0.324. The first-order valence-corrected chi connectivity index (χ1v) is 8.37. The predicted molar refractivity (Wildman–Crippen MR) is 80.1 cm³/mol. The van der Waals surface area contributed by atoms with Gasteiger partial charge in [-0.3, -0.25) is 4.79 Å². The van der Waals surface area contributed by atoms with E-state index >= 15 is 0 Å². The highest BCUT2D eigenvalue weighted by Gasteiger charge is 2.19. The maximum Gasteiger partial charge on any atom is 0.223 e. The van der Waals surface area contributed by atoms with Crippen molar-refractivity contribution in [2.45, 2.75) is 46.1 Å². The van der Waals surface area contributed by atoms with Crippen LogP contribution in [0.3, 0.4) is 0 Å². The Bertz CT molecular complexity index is 240. The Hall–Kier alpha value is -0.220. The first-order chi connectivity index (χ1) is 8.63. The van der Waals surface area contributed by atoms with Gasteiger partial charge in [-0.25, -0.2) is 0 Å². The van der Waals surface area contributed by atoms with Crippen LogP contribution in [0.4, 0.5) is 0 Å². The maximum absolute atomic E-state index is 12.0. The summed E-state index contributed by atoms with van der Waals surface area (Å²) in [5.74, 6) is 3.41. The van der Waals surface area contributed by atoms with Gasteiger partial charge in [0.25, 0.3) is 0 Å². The molecule has 0 aliphatic carbocycles. The van der Waals surface area contributed by atoms with E-state index < -0.39 is 0 Å². The summed E-state index contributed by atoms with van der Waals surface area (Å²) < 4.78 is 0. The molecular formula is C14H28N2OS. The number of carbonyl (C=O) groups is 1. The van der Waals surface area contributed by atoms with Gasteiger partial charge in [0.1, 0.15) is 0 Å². The molecule has 0 bridgehead atoms. The molecule has 0 aromatic rings. The minimum Gasteiger partial charge on any atom is -0.343 e. The van der Waals surface area contributed by atoms with E-state index in [1.807, 2.05) is 16.7 Å². The molecule has 0 radical (unpaired) electrons. The van der Waals surface area contributed by atoms with E-state index in [1.54, 1.807) is 0 Å². The number of likely N-dealkylation sites (tertiary alicyclic amines) is 1. The largest absolute Gasteiger partial charge is 0.343 e. The topological polar surface area (TPSA) is 32.3 Å². The monoisotopic (exact) mass is 272 g/mol. The van der Waals surface area contributed by atoms with Crippen molar-refractivity contribution in [1.82, 2.24) is 10.2 Å². The van der Waals surface area contributed by atoms with Gasteiger partial charge in [0.15, 0.2) is 0 Å². The molecule has 0 spiro atoms. The molecule has 18 heavy (non-hydrogen) atoms. The molecule has 1 heterocycles. The molecule has 1 aliphatic heterocycles. The molecule has 1 N–H and O–H groups in total. The van der Waals surface area contributed by atoms with E-state index in [4.69, 9.17) is 0 Å². The molecule has 3 nitrogen and oxygen atoms in total. The van der Waals surface area contributed by atoms with E-state index in [2.05, 4.69) is 26.1 Å². The molecule has 1 rings (SSSR count). The van der Waals surface area contributed by atoms with Crippen molar-refractivity contribution in [1.29, 1.82) is 0 Å². The molecule has 1 atom stereocenters. The molecule has 0 aromatic carbocycles. The number of carbonyl (C=O) groups excluding carboxylic acids is 1. The Labute approximate surface area is 116 Å². The number of hydrogen-bond acceptors (Lipinski definition) is 3. The van der Waals surface area contributed by atoms with Crippen LogP contribution in [0.15, 0.2) is 0 Å². The van der Waals surface area contributed by atoms with Crippen LogP contribution in [0.1, 0.15) is 40.0 Å². The molecule has 0 aromatic heterocycles. The lowest BCUT2D eigenvalue weighted by atomic mass is 9.99. The van der Waals surface area contributed by atoms with Gasteiger partial charge in [-0.05, 0) is 31.4 Å². The number of nitrogens with one attached hydrogen (secondary N) is 1. The van der Waals surface area contributed by atoms with Crippen LogP contribution in [0, 0.1) is 5.92 Å². The number of hydrogen-bond donors (Lipinski definition) is 1. The highest BCUT2D eigenvalue weighted by Crippen LogP contribution is 2.16. The fourth-order valence-electron chi connectivity index (χ4n) is 2.20. The molecular weight excluding hydrogens is 244 g/mol. The van der Waals surface area contributed by atoms with E-state index in [0.717, 1.165) is 37.1 Å². The second kappa shape index (κ2) is 8.81. The summed E-state index contributed by atoms with van der Waals surface area (Å²) in [6, 6.07) is 0.504. The zero-order chi connectivity index (χ0) is 13.4. The molecule has 1 aliphatic rings. The summed E-state index contributed by atoms with van der Waals surface area (Å²) in [4.78, 5) is 14.0. The van der Waals surface area contributed by atoms with E-state index in [0.29, 0.717) is 18.4 Å². The third-order valence-corrected chi connectivity index (χ3v) is 4.68. The average molecular weight is 272 g/mol. The maximum atomic E-state index is 12.0. The Morgan fingerprint density at radius 3 is 2.72 bits per heavy atom. The minimum absolute atomic E-state index is 0.324. The molecule has 4 heteroatoms. The van der Waals surface area contributed by atoms with E-state index in [9.17, 15) is 4.79 Å². The van der Waals surface area contributed by atoms with Gasteiger partial charge in [-0.15, -0.1) is 0 Å². The van der Waals surface area contributed by atoms with Crippen molar-refractivity contribution in [2.75, 3.05) is 31.1 Å². The second-order valence-corrected chi connectivity index (χ2v) is 6.65. The van der Waals surface area contributed by atoms with Crippen molar-refractivity contribution < 1.29 is 4.79 Å². The highest BCUT2D eigenvalue weighted by molar-refractivity contribution is 7.99. The fraction of sp³-hybridized carbons (Fsp3) is 0.929. The van der Waals surface area contributed by atoms with Crippen molar-refractivity contribution in [3.05, 3.63) is 0 Å². The first kappa shape index (κ1) is 15.8. The Balaban J connectivity index is 2.09. The van der Waals surface area contributed by atoms with Gasteiger partial charge in [0.2, 0.25) is 5.91 Å². The Kier molecular flexibility index (Phi) is 7.75. The number of rotatable bonds is 7. The summed E-state index contributed by atoms with van der Waals surface area (Å²) in [6.45, 7) is 9.38. The molecule has 106 valence electrons. The van der Waals surface area contributed by atoms with Gasteiger partial charge in [-0.1, -0.05) is 13.8 Å². The van der Waals surface area contributed by atoms with Crippen LogP contribution in [-0.4, -0.2) is 48.0 Å². The highest BCUT2D eigenvalue weighted by atomic mass is 32.2. The van der Waals surface area contributed by atoms with Crippen LogP contribution < -0.4 is 5.32 Å². The van der Waals surface area contributed by atoms with Gasteiger partial charge >= 0.3 is 0 Å². The third kappa shape index (κ3) is 6.10. The first-order valence-electron chi connectivity index (χ1n) is 7.22. The van der Waals surface area contributed by atoms with Gasteiger partial charge in [0, 0.05) is 37.8 Å². The lowest BCUT2D eigenvalue weighted by Crippen LogP contribution is -2.40. The zero-order valence-electron chi connectivity index (χ0n) is 12.1. The standard InChI is InChI=1S/C14H28N2OS/c1-4-18-11-13(3)15-8-5-14(17)16-9-6-12(2)7-10-16/h12-13,15H,4-11H2,1-3H3/t13-/m1/s1. The van der Waals surface area contributed by atoms with Crippen molar-refractivity contribution in [3.63, 3.8) is 0 Å². The lowest BCUT2D eigenvalue weighted by Gasteiger charge is -2.30. The summed E-state index contributed by atoms with van der Waals surface area (Å²) in [6.07, 6.45) is 2.99. The fourth-order valence-corrected chi connectivity index (χ4v) is 2.90. The summed E-state index contributed by atoms with van der Waals surface area (Å²) in [5, 5.41) is 3.43. The quantitative estimate of drug-likeness (QED) is 0.772. The van der Waals surface area contributed by atoms with Gasteiger partial charge in [-0.2, -0.15) is 11.8 Å². The summed E-state index contributed by atoms with van der Waals surface area (Å²) >= 11 is 1.95. The number of thioether (sulfide) groups is 1. The van der Waals surface area contributed by atoms with Crippen LogP contribution in [0.25, 0.3) is 0 Å². The smallest absolute Gasteiger partial charge is 0.223 e. The predicted octanol–water partition coefficient (Wildman–Crippen LogP) is 2.37. The van der Waals surface area contributed by atoms with E-state index in [1.165, 1.54) is 12.8 Å². The van der Waals surface area contributed by atoms with Crippen LogP contribution in [0.2, 0.25) is 0 Å². The summed E-state index contributed by atoms with van der Waals surface area (Å²) in [5.41, 5.74) is 0. The number of amides is 1. The van der Waals surface area contributed by atoms with Crippen LogP contribution >= 0.6 is 11.8 Å². The van der Waals surface area contributed by atoms with Crippen molar-refractivity contribution >= 4 is 17.7 Å². The lowest BCUT2D eigenvalue weighted by molar-refractivity contribution is -0.132. The van der Waals surface area contributed by atoms with E-state index in [-0.39, 0.29) is 0 Å². The number of nitrogens with zero attached hydrogens (tertiary/aromatic N) is 1. The van der Waals surface area contributed by atoms with Crippen molar-refractivity contribution in [2.24, 2.45) is 5.92 Å². The normalized spacial score (nSPS) is 18.9. The molecule has 1 fully saturated rings. The molecule has 1 amide bonds. The van der Waals surface area contributed by atoms with Crippen LogP contribution in [-0.2, 0) is 4.79 Å². The Morgan fingerprint density at radius 2 is 2.11 bits per heavy atom. The molecule has 1 saturated heterocycles. The Morgan fingerprint density at radius 1 is 1.44 bits per heavy atom. The summed E-state index contributed by atoms with van der Waals surface area (Å²) in [7, 11) is 0. The average Bonchev–Trinajstić information content (AvgIpc) is 2.37.